The maximum atomic E-state index is 12.0. The van der Waals surface area contributed by atoms with Crippen molar-refractivity contribution < 1.29 is 14.6 Å². The number of likely N-dealkylation sites (tertiary alicyclic amines) is 1. The Hall–Kier alpha value is -1.26. The maximum Gasteiger partial charge on any atom is 0.410 e. The lowest BCUT2D eigenvalue weighted by Gasteiger charge is -2.25. The molecule has 1 amide bonds. The average molecular weight is 326 g/mol. The molecular formula is C17H24ClNO3. The molecule has 2 unspecified atom stereocenters. The Morgan fingerprint density at radius 1 is 1.50 bits per heavy atom. The number of hydrogen-bond donors (Lipinski definition) is 1. The minimum absolute atomic E-state index is 0.0755. The zero-order chi connectivity index (χ0) is 16.3. The zero-order valence-corrected chi connectivity index (χ0v) is 14.1. The molecule has 0 radical (unpaired) electrons. The number of aliphatic hydroxyl groups excluding tert-OH is 1. The van der Waals surface area contributed by atoms with Gasteiger partial charge in [-0.25, -0.2) is 4.79 Å². The third kappa shape index (κ3) is 4.89. The lowest BCUT2D eigenvalue weighted by Crippen LogP contribution is -2.36. The zero-order valence-electron chi connectivity index (χ0n) is 13.4. The Bertz CT molecular complexity index is 527. The molecule has 0 spiro atoms. The lowest BCUT2D eigenvalue weighted by atomic mass is 9.95. The third-order valence-electron chi connectivity index (χ3n) is 3.75. The van der Waals surface area contributed by atoms with E-state index in [1.165, 1.54) is 0 Å². The van der Waals surface area contributed by atoms with E-state index in [-0.39, 0.29) is 12.0 Å². The minimum Gasteiger partial charge on any atom is -0.444 e. The summed E-state index contributed by atoms with van der Waals surface area (Å²) in [6.45, 7) is 6.73. The summed E-state index contributed by atoms with van der Waals surface area (Å²) in [6.07, 6.45) is 0.560. The van der Waals surface area contributed by atoms with Crippen molar-refractivity contribution in [3.63, 3.8) is 0 Å². The van der Waals surface area contributed by atoms with Gasteiger partial charge in [-0.2, -0.15) is 0 Å². The van der Waals surface area contributed by atoms with Gasteiger partial charge >= 0.3 is 6.09 Å². The molecule has 1 fully saturated rings. The molecule has 1 aromatic rings. The molecule has 1 heterocycles. The van der Waals surface area contributed by atoms with Gasteiger partial charge in [-0.1, -0.05) is 23.7 Å². The van der Waals surface area contributed by atoms with E-state index < -0.39 is 11.7 Å². The fraction of sp³-hybridized carbons (Fsp3) is 0.588. The molecule has 2 atom stereocenters. The minimum atomic E-state index is -0.491. The van der Waals surface area contributed by atoms with Crippen LogP contribution in [0.3, 0.4) is 0 Å². The molecule has 22 heavy (non-hydrogen) atoms. The van der Waals surface area contributed by atoms with E-state index >= 15 is 0 Å². The number of nitrogens with zero attached hydrogens (tertiary/aromatic N) is 1. The highest BCUT2D eigenvalue weighted by Gasteiger charge is 2.33. The Kier molecular flexibility index (Phi) is 5.35. The largest absolute Gasteiger partial charge is 0.444 e. The molecule has 2 rings (SSSR count). The summed E-state index contributed by atoms with van der Waals surface area (Å²) in [7, 11) is 0. The molecule has 1 aliphatic rings. The predicted molar refractivity (Wildman–Crippen MR) is 87.1 cm³/mol. The molecule has 1 N–H and O–H groups in total. The van der Waals surface area contributed by atoms with Gasteiger partial charge in [0.25, 0.3) is 0 Å². The Labute approximate surface area is 137 Å². The Morgan fingerprint density at radius 3 is 2.86 bits per heavy atom. The second kappa shape index (κ2) is 6.88. The highest BCUT2D eigenvalue weighted by molar-refractivity contribution is 6.30. The number of rotatable bonds is 3. The molecule has 1 aliphatic heterocycles. The van der Waals surface area contributed by atoms with Gasteiger partial charge in [-0.05, 0) is 51.3 Å². The highest BCUT2D eigenvalue weighted by atomic mass is 35.5. The second-order valence-corrected chi connectivity index (χ2v) is 7.31. The van der Waals surface area contributed by atoms with Crippen molar-refractivity contribution in [1.82, 2.24) is 4.90 Å². The van der Waals surface area contributed by atoms with Crippen LogP contribution in [0.25, 0.3) is 0 Å². The number of amides is 1. The molecule has 0 bridgehead atoms. The van der Waals surface area contributed by atoms with E-state index in [9.17, 15) is 9.90 Å². The van der Waals surface area contributed by atoms with Crippen LogP contribution in [0.1, 0.15) is 32.8 Å². The SMILES string of the molecule is CC(C)(C)OC(=O)N1CCC(C(O)Cc2cccc(Cl)c2)C1. The standard InChI is InChI=1S/C17H24ClNO3/c1-17(2,3)22-16(21)19-8-7-13(11-19)15(20)10-12-5-4-6-14(18)9-12/h4-6,9,13,15,20H,7-8,10-11H2,1-3H3. The Balaban J connectivity index is 1.88. The second-order valence-electron chi connectivity index (χ2n) is 6.88. The van der Waals surface area contributed by atoms with Gasteiger partial charge in [0, 0.05) is 24.0 Å². The fourth-order valence-corrected chi connectivity index (χ4v) is 2.88. The summed E-state index contributed by atoms with van der Waals surface area (Å²) in [5.74, 6) is 0.0755. The van der Waals surface area contributed by atoms with Crippen molar-refractivity contribution >= 4 is 17.7 Å². The first-order chi connectivity index (χ1) is 10.2. The summed E-state index contributed by atoms with van der Waals surface area (Å²) < 4.78 is 5.37. The van der Waals surface area contributed by atoms with Crippen LogP contribution < -0.4 is 0 Å². The molecule has 122 valence electrons. The van der Waals surface area contributed by atoms with E-state index in [4.69, 9.17) is 16.3 Å². The quantitative estimate of drug-likeness (QED) is 0.925. The number of carbonyl (C=O) groups excluding carboxylic acids is 1. The maximum absolute atomic E-state index is 12.0. The number of ether oxygens (including phenoxy) is 1. The number of aliphatic hydroxyl groups is 1. The van der Waals surface area contributed by atoms with E-state index in [2.05, 4.69) is 0 Å². The fourth-order valence-electron chi connectivity index (χ4n) is 2.67. The van der Waals surface area contributed by atoms with Crippen LogP contribution in [0.5, 0.6) is 0 Å². The first-order valence-electron chi connectivity index (χ1n) is 7.65. The molecule has 0 saturated carbocycles. The number of halogens is 1. The molecule has 5 heteroatoms. The summed E-state index contributed by atoms with van der Waals surface area (Å²) in [6, 6.07) is 7.52. The van der Waals surface area contributed by atoms with Crippen LogP contribution in [-0.4, -0.2) is 40.9 Å². The van der Waals surface area contributed by atoms with Crippen molar-refractivity contribution in [3.8, 4) is 0 Å². The van der Waals surface area contributed by atoms with Gasteiger partial charge in [0.1, 0.15) is 5.60 Å². The van der Waals surface area contributed by atoms with Gasteiger partial charge in [-0.3, -0.25) is 0 Å². The third-order valence-corrected chi connectivity index (χ3v) is 3.99. The van der Waals surface area contributed by atoms with E-state index in [1.54, 1.807) is 4.90 Å². The van der Waals surface area contributed by atoms with Gasteiger partial charge in [0.05, 0.1) is 6.10 Å². The molecule has 4 nitrogen and oxygen atoms in total. The smallest absolute Gasteiger partial charge is 0.410 e. The van der Waals surface area contributed by atoms with Gasteiger partial charge < -0.3 is 14.7 Å². The van der Waals surface area contributed by atoms with E-state index in [0.29, 0.717) is 24.5 Å². The van der Waals surface area contributed by atoms with Crippen LogP contribution in [0.2, 0.25) is 5.02 Å². The van der Waals surface area contributed by atoms with Crippen LogP contribution in [-0.2, 0) is 11.2 Å². The first kappa shape index (κ1) is 17.1. The first-order valence-corrected chi connectivity index (χ1v) is 8.03. The van der Waals surface area contributed by atoms with Crippen LogP contribution >= 0.6 is 11.6 Å². The van der Waals surface area contributed by atoms with E-state index in [1.807, 2.05) is 45.0 Å². The normalized spacial score (nSPS) is 20.0. The summed E-state index contributed by atoms with van der Waals surface area (Å²) in [5, 5.41) is 11.1. The Morgan fingerprint density at radius 2 is 2.23 bits per heavy atom. The van der Waals surface area contributed by atoms with Crippen molar-refractivity contribution in [2.75, 3.05) is 13.1 Å². The van der Waals surface area contributed by atoms with Gasteiger partial charge in [-0.15, -0.1) is 0 Å². The topological polar surface area (TPSA) is 49.8 Å². The van der Waals surface area contributed by atoms with Gasteiger partial charge in [0.15, 0.2) is 0 Å². The van der Waals surface area contributed by atoms with Crippen molar-refractivity contribution in [2.45, 2.75) is 45.3 Å². The molecular weight excluding hydrogens is 302 g/mol. The average Bonchev–Trinajstić information content (AvgIpc) is 2.86. The monoisotopic (exact) mass is 325 g/mol. The molecule has 0 aromatic heterocycles. The summed E-state index contributed by atoms with van der Waals surface area (Å²) >= 11 is 5.96. The van der Waals surface area contributed by atoms with Crippen LogP contribution in [0, 0.1) is 5.92 Å². The predicted octanol–water partition coefficient (Wildman–Crippen LogP) is 3.50. The molecule has 0 aliphatic carbocycles. The summed E-state index contributed by atoms with van der Waals surface area (Å²) in [4.78, 5) is 13.7. The van der Waals surface area contributed by atoms with Gasteiger partial charge in [0.2, 0.25) is 0 Å². The van der Waals surface area contributed by atoms with Crippen molar-refractivity contribution in [3.05, 3.63) is 34.9 Å². The summed E-state index contributed by atoms with van der Waals surface area (Å²) in [5.41, 5.74) is 0.518. The molecule has 1 saturated heterocycles. The van der Waals surface area contributed by atoms with Crippen molar-refractivity contribution in [2.24, 2.45) is 5.92 Å². The van der Waals surface area contributed by atoms with Crippen LogP contribution in [0.15, 0.2) is 24.3 Å². The number of hydrogen-bond acceptors (Lipinski definition) is 3. The number of benzene rings is 1. The van der Waals surface area contributed by atoms with E-state index in [0.717, 1.165) is 12.0 Å². The highest BCUT2D eigenvalue weighted by Crippen LogP contribution is 2.24. The number of carbonyl (C=O) groups is 1. The molecule has 1 aromatic carbocycles. The van der Waals surface area contributed by atoms with Crippen molar-refractivity contribution in [1.29, 1.82) is 0 Å². The van der Waals surface area contributed by atoms with Crippen LogP contribution in [0.4, 0.5) is 4.79 Å². The lowest BCUT2D eigenvalue weighted by molar-refractivity contribution is 0.0269.